The molecular weight excluding hydrogens is 377 g/mol. The molecule has 0 aromatic carbocycles. The first-order valence-corrected chi connectivity index (χ1v) is 9.84. The van der Waals surface area contributed by atoms with Crippen LogP contribution in [0.4, 0.5) is 13.2 Å². The number of rotatable bonds is 3. The lowest BCUT2D eigenvalue weighted by molar-refractivity contribution is -0.192. The molecular formula is C14H21F3N4O4S. The highest BCUT2D eigenvalue weighted by molar-refractivity contribution is 7.88. The van der Waals surface area contributed by atoms with Gasteiger partial charge in [-0.1, -0.05) is 0 Å². The molecule has 0 amide bonds. The fourth-order valence-corrected chi connectivity index (χ4v) is 3.58. The van der Waals surface area contributed by atoms with Gasteiger partial charge >= 0.3 is 12.1 Å². The van der Waals surface area contributed by atoms with E-state index in [2.05, 4.69) is 20.6 Å². The number of hydrogen-bond acceptors (Lipinski definition) is 5. The Hall–Kier alpha value is -1.66. The summed E-state index contributed by atoms with van der Waals surface area (Å²) in [7, 11) is -3.11. The Bertz CT molecular complexity index is 742. The first kappa shape index (κ1) is 20.6. The summed E-state index contributed by atoms with van der Waals surface area (Å²) in [6, 6.07) is 0. The molecule has 8 nitrogen and oxygen atoms in total. The van der Waals surface area contributed by atoms with Gasteiger partial charge in [0.05, 0.1) is 18.5 Å². The van der Waals surface area contributed by atoms with Crippen molar-refractivity contribution in [2.45, 2.75) is 38.7 Å². The highest BCUT2D eigenvalue weighted by atomic mass is 32.2. The van der Waals surface area contributed by atoms with Gasteiger partial charge < -0.3 is 9.67 Å². The molecule has 3 heterocycles. The summed E-state index contributed by atoms with van der Waals surface area (Å²) in [6.07, 6.45) is 0.800. The average Bonchev–Trinajstić information content (AvgIpc) is 3.14. The van der Waals surface area contributed by atoms with Gasteiger partial charge in [0.1, 0.15) is 5.82 Å². The standard InChI is InChI=1S/C12H20N4O2S.C2HF3O2/c1-19(17,18)16-7-6-15-9-11(13-12(15)10-16)8-14-4-2-3-5-14;3-2(4,5)1(6)7/h9H,2-8,10H2,1H3;(H,6,7). The van der Waals surface area contributed by atoms with Crippen molar-refractivity contribution in [2.24, 2.45) is 0 Å². The van der Waals surface area contributed by atoms with Crippen LogP contribution in [-0.4, -0.2) is 70.3 Å². The quantitative estimate of drug-likeness (QED) is 0.812. The summed E-state index contributed by atoms with van der Waals surface area (Å²) in [6.45, 7) is 4.84. The van der Waals surface area contributed by atoms with E-state index in [0.29, 0.717) is 19.6 Å². The largest absolute Gasteiger partial charge is 0.490 e. The Kier molecular flexibility index (Phi) is 6.29. The molecule has 2 aliphatic rings. The van der Waals surface area contributed by atoms with E-state index < -0.39 is 22.2 Å². The third-order valence-corrected chi connectivity index (χ3v) is 5.36. The first-order valence-electron chi connectivity index (χ1n) is 7.99. The van der Waals surface area contributed by atoms with Crippen LogP contribution in [0.5, 0.6) is 0 Å². The molecule has 0 bridgehead atoms. The van der Waals surface area contributed by atoms with E-state index in [9.17, 15) is 21.6 Å². The lowest BCUT2D eigenvalue weighted by atomic mass is 10.4. The monoisotopic (exact) mass is 398 g/mol. The molecule has 0 radical (unpaired) electrons. The van der Waals surface area contributed by atoms with E-state index >= 15 is 0 Å². The van der Waals surface area contributed by atoms with E-state index in [4.69, 9.17) is 9.90 Å². The van der Waals surface area contributed by atoms with Crippen LogP contribution in [-0.2, 0) is 34.5 Å². The predicted octanol–water partition coefficient (Wildman–Crippen LogP) is 0.887. The maximum absolute atomic E-state index is 11.6. The van der Waals surface area contributed by atoms with Gasteiger partial charge in [0.25, 0.3) is 0 Å². The molecule has 1 saturated heterocycles. The number of imidazole rings is 1. The third-order valence-electron chi connectivity index (χ3n) is 4.11. The number of fused-ring (bicyclic) bond motifs is 1. The summed E-state index contributed by atoms with van der Waals surface area (Å²) in [5, 5.41) is 7.12. The molecule has 1 aromatic heterocycles. The van der Waals surface area contributed by atoms with E-state index in [1.54, 1.807) is 0 Å². The van der Waals surface area contributed by atoms with E-state index in [1.165, 1.54) is 23.4 Å². The lowest BCUT2D eigenvalue weighted by Gasteiger charge is -2.25. The Morgan fingerprint density at radius 3 is 2.31 bits per heavy atom. The summed E-state index contributed by atoms with van der Waals surface area (Å²) in [5.74, 6) is -1.89. The molecule has 1 aromatic rings. The highest BCUT2D eigenvalue weighted by Crippen LogP contribution is 2.17. The number of sulfonamides is 1. The fraction of sp³-hybridized carbons (Fsp3) is 0.714. The second kappa shape index (κ2) is 7.92. The van der Waals surface area contributed by atoms with Crippen molar-refractivity contribution in [1.82, 2.24) is 18.8 Å². The van der Waals surface area contributed by atoms with Crippen molar-refractivity contribution in [2.75, 3.05) is 25.9 Å². The molecule has 3 rings (SSSR count). The molecule has 0 atom stereocenters. The Labute approximate surface area is 149 Å². The number of nitrogens with zero attached hydrogens (tertiary/aromatic N) is 4. The number of aromatic nitrogens is 2. The Morgan fingerprint density at radius 2 is 1.81 bits per heavy atom. The maximum Gasteiger partial charge on any atom is 0.490 e. The number of carbonyl (C=O) groups is 1. The van der Waals surface area contributed by atoms with Gasteiger partial charge in [-0.15, -0.1) is 0 Å². The van der Waals surface area contributed by atoms with Crippen LogP contribution in [0.25, 0.3) is 0 Å². The molecule has 12 heteroatoms. The number of carboxylic acid groups (broad SMARTS) is 1. The van der Waals surface area contributed by atoms with Gasteiger partial charge in [0, 0.05) is 25.8 Å². The number of aliphatic carboxylic acids is 1. The van der Waals surface area contributed by atoms with Crippen molar-refractivity contribution in [3.63, 3.8) is 0 Å². The molecule has 1 fully saturated rings. The van der Waals surface area contributed by atoms with E-state index in [1.807, 2.05) is 0 Å². The molecule has 26 heavy (non-hydrogen) atoms. The molecule has 1 N–H and O–H groups in total. The minimum absolute atomic E-state index is 0.402. The normalized spacial score (nSPS) is 18.9. The molecule has 0 saturated carbocycles. The van der Waals surface area contributed by atoms with Gasteiger partial charge in [-0.05, 0) is 25.9 Å². The molecule has 0 aliphatic carbocycles. The van der Waals surface area contributed by atoms with Crippen molar-refractivity contribution < 1.29 is 31.5 Å². The maximum atomic E-state index is 11.6. The number of hydrogen-bond donors (Lipinski definition) is 1. The number of likely N-dealkylation sites (tertiary alicyclic amines) is 1. The van der Waals surface area contributed by atoms with Gasteiger partial charge in [-0.2, -0.15) is 17.5 Å². The van der Waals surface area contributed by atoms with E-state index in [0.717, 1.165) is 31.2 Å². The SMILES string of the molecule is CS(=O)(=O)N1CCn2cc(CN3CCCC3)nc2C1.O=C(O)C(F)(F)F. The number of halogens is 3. The first-order chi connectivity index (χ1) is 12.0. The summed E-state index contributed by atoms with van der Waals surface area (Å²) in [5.41, 5.74) is 1.06. The van der Waals surface area contributed by atoms with Crippen LogP contribution in [0, 0.1) is 0 Å². The van der Waals surface area contributed by atoms with Crippen LogP contribution in [0.3, 0.4) is 0 Å². The number of carboxylic acids is 1. The molecule has 0 unspecified atom stereocenters. The fourth-order valence-electron chi connectivity index (χ4n) is 2.82. The lowest BCUT2D eigenvalue weighted by Crippen LogP contribution is -2.37. The minimum atomic E-state index is -5.08. The van der Waals surface area contributed by atoms with Crippen molar-refractivity contribution in [3.05, 3.63) is 17.7 Å². The van der Waals surface area contributed by atoms with Crippen LogP contribution >= 0.6 is 0 Å². The molecule has 2 aliphatic heterocycles. The van der Waals surface area contributed by atoms with Gasteiger partial charge in [-0.3, -0.25) is 4.90 Å². The van der Waals surface area contributed by atoms with Crippen LogP contribution < -0.4 is 0 Å². The third kappa shape index (κ3) is 5.68. The summed E-state index contributed by atoms with van der Waals surface area (Å²) < 4.78 is 58.4. The van der Waals surface area contributed by atoms with Crippen LogP contribution in [0.15, 0.2) is 6.20 Å². The van der Waals surface area contributed by atoms with Gasteiger partial charge in [0.2, 0.25) is 10.0 Å². The minimum Gasteiger partial charge on any atom is -0.475 e. The Balaban J connectivity index is 0.000000298. The summed E-state index contributed by atoms with van der Waals surface area (Å²) >= 11 is 0. The Morgan fingerprint density at radius 1 is 1.23 bits per heavy atom. The zero-order valence-corrected chi connectivity index (χ0v) is 15.1. The van der Waals surface area contributed by atoms with Crippen LogP contribution in [0.2, 0.25) is 0 Å². The molecule has 148 valence electrons. The second-order valence-corrected chi connectivity index (χ2v) is 8.21. The van der Waals surface area contributed by atoms with Crippen LogP contribution in [0.1, 0.15) is 24.4 Å². The highest BCUT2D eigenvalue weighted by Gasteiger charge is 2.38. The predicted molar refractivity (Wildman–Crippen MR) is 85.7 cm³/mol. The second-order valence-electron chi connectivity index (χ2n) is 6.22. The van der Waals surface area contributed by atoms with Gasteiger partial charge in [0.15, 0.2) is 0 Å². The number of alkyl halides is 3. The smallest absolute Gasteiger partial charge is 0.475 e. The zero-order valence-electron chi connectivity index (χ0n) is 14.2. The topological polar surface area (TPSA) is 95.7 Å². The average molecular weight is 398 g/mol. The van der Waals surface area contributed by atoms with E-state index in [-0.39, 0.29) is 0 Å². The van der Waals surface area contributed by atoms with Crippen molar-refractivity contribution >= 4 is 16.0 Å². The zero-order chi connectivity index (χ0) is 19.5. The van der Waals surface area contributed by atoms with Crippen molar-refractivity contribution in [1.29, 1.82) is 0 Å². The van der Waals surface area contributed by atoms with Crippen molar-refractivity contribution in [3.8, 4) is 0 Å². The summed E-state index contributed by atoms with van der Waals surface area (Å²) in [4.78, 5) is 15.9. The van der Waals surface area contributed by atoms with Gasteiger partial charge in [-0.25, -0.2) is 18.2 Å². The molecule has 0 spiro atoms.